The van der Waals surface area contributed by atoms with Crippen LogP contribution in [0.4, 0.5) is 4.39 Å². The fourth-order valence-corrected chi connectivity index (χ4v) is 2.98. The van der Waals surface area contributed by atoms with Crippen LogP contribution in [0.1, 0.15) is 56.6 Å². The van der Waals surface area contributed by atoms with Crippen LogP contribution < -0.4 is 0 Å². The molecule has 0 bridgehead atoms. The predicted molar refractivity (Wildman–Crippen MR) is 72.2 cm³/mol. The van der Waals surface area contributed by atoms with E-state index in [0.29, 0.717) is 22.9 Å². The third-order valence-corrected chi connectivity index (χ3v) is 4.13. The maximum atomic E-state index is 13.6. The van der Waals surface area contributed by atoms with E-state index in [2.05, 4.69) is 0 Å². The van der Waals surface area contributed by atoms with Crippen LogP contribution in [0.2, 0.25) is 5.02 Å². The lowest BCUT2D eigenvalue weighted by Gasteiger charge is -2.22. The van der Waals surface area contributed by atoms with E-state index < -0.39 is 6.10 Å². The summed E-state index contributed by atoms with van der Waals surface area (Å²) in [4.78, 5) is 0. The van der Waals surface area contributed by atoms with Gasteiger partial charge in [-0.25, -0.2) is 4.39 Å². The summed E-state index contributed by atoms with van der Waals surface area (Å²) in [5.74, 6) is 0.339. The number of halogens is 2. The van der Waals surface area contributed by atoms with E-state index in [0.717, 1.165) is 6.42 Å². The van der Waals surface area contributed by atoms with Gasteiger partial charge >= 0.3 is 0 Å². The fraction of sp³-hybridized carbons (Fsp3) is 0.600. The molecule has 1 unspecified atom stereocenters. The van der Waals surface area contributed by atoms with Gasteiger partial charge in [-0.3, -0.25) is 0 Å². The maximum absolute atomic E-state index is 13.6. The first kappa shape index (κ1) is 13.8. The minimum atomic E-state index is -0.731. The number of rotatable bonds is 4. The zero-order valence-electron chi connectivity index (χ0n) is 10.5. The molecule has 1 fully saturated rings. The number of benzene rings is 1. The van der Waals surface area contributed by atoms with Crippen LogP contribution in [0.5, 0.6) is 0 Å². The van der Waals surface area contributed by atoms with Gasteiger partial charge in [-0.1, -0.05) is 43.7 Å². The van der Waals surface area contributed by atoms with Gasteiger partial charge in [0.25, 0.3) is 0 Å². The highest BCUT2D eigenvalue weighted by Crippen LogP contribution is 2.31. The van der Waals surface area contributed by atoms with Crippen molar-refractivity contribution in [2.75, 3.05) is 0 Å². The van der Waals surface area contributed by atoms with E-state index in [4.69, 9.17) is 11.6 Å². The lowest BCUT2D eigenvalue weighted by Crippen LogP contribution is -2.09. The molecule has 1 nitrogen and oxygen atoms in total. The fourth-order valence-electron chi connectivity index (χ4n) is 2.79. The zero-order valence-corrected chi connectivity index (χ0v) is 11.3. The lowest BCUT2D eigenvalue weighted by molar-refractivity contribution is 0.147. The van der Waals surface area contributed by atoms with Crippen molar-refractivity contribution >= 4 is 11.6 Å². The van der Waals surface area contributed by atoms with Crippen LogP contribution in [0.3, 0.4) is 0 Å². The Morgan fingerprint density at radius 2 is 2.00 bits per heavy atom. The summed E-state index contributed by atoms with van der Waals surface area (Å²) in [7, 11) is 0. The Labute approximate surface area is 113 Å². The molecule has 1 N–H and O–H groups in total. The molecule has 100 valence electrons. The van der Waals surface area contributed by atoms with E-state index in [1.165, 1.54) is 50.3 Å². The van der Waals surface area contributed by atoms with Crippen molar-refractivity contribution in [3.8, 4) is 0 Å². The molecular formula is C15H20ClFO. The van der Waals surface area contributed by atoms with Crippen LogP contribution in [-0.4, -0.2) is 5.11 Å². The number of aliphatic hydroxyl groups is 1. The second-order valence-electron chi connectivity index (χ2n) is 5.26. The first-order valence-corrected chi connectivity index (χ1v) is 7.17. The Morgan fingerprint density at radius 3 is 2.72 bits per heavy atom. The minimum absolute atomic E-state index is 0.332. The van der Waals surface area contributed by atoms with Gasteiger partial charge in [-0.05, 0) is 37.0 Å². The van der Waals surface area contributed by atoms with Crippen LogP contribution in [0, 0.1) is 11.7 Å². The molecule has 3 heteroatoms. The summed E-state index contributed by atoms with van der Waals surface area (Å²) >= 11 is 5.83. The molecule has 18 heavy (non-hydrogen) atoms. The molecule has 0 spiro atoms. The van der Waals surface area contributed by atoms with Crippen molar-refractivity contribution in [3.63, 3.8) is 0 Å². The molecule has 1 aliphatic carbocycles. The van der Waals surface area contributed by atoms with E-state index in [1.807, 2.05) is 0 Å². The predicted octanol–water partition coefficient (Wildman–Crippen LogP) is 4.87. The summed E-state index contributed by atoms with van der Waals surface area (Å²) in [5.41, 5.74) is 0.332. The van der Waals surface area contributed by atoms with E-state index in [9.17, 15) is 9.50 Å². The topological polar surface area (TPSA) is 20.2 Å². The first-order chi connectivity index (χ1) is 8.66. The third-order valence-electron chi connectivity index (χ3n) is 3.89. The van der Waals surface area contributed by atoms with Crippen molar-refractivity contribution < 1.29 is 9.50 Å². The quantitative estimate of drug-likeness (QED) is 0.827. The van der Waals surface area contributed by atoms with Crippen LogP contribution in [-0.2, 0) is 0 Å². The van der Waals surface area contributed by atoms with Crippen LogP contribution in [0.15, 0.2) is 18.2 Å². The molecule has 0 amide bonds. The highest BCUT2D eigenvalue weighted by molar-refractivity contribution is 6.30. The zero-order chi connectivity index (χ0) is 13.0. The van der Waals surface area contributed by atoms with Crippen molar-refractivity contribution in [2.24, 2.45) is 5.92 Å². The molecule has 1 aromatic rings. The molecule has 0 saturated heterocycles. The van der Waals surface area contributed by atoms with Crippen molar-refractivity contribution in [1.29, 1.82) is 0 Å². The highest BCUT2D eigenvalue weighted by Gasteiger charge is 2.18. The molecule has 2 rings (SSSR count). The molecule has 1 saturated carbocycles. The van der Waals surface area contributed by atoms with Crippen LogP contribution >= 0.6 is 11.6 Å². The lowest BCUT2D eigenvalue weighted by atomic mass is 9.85. The number of aliphatic hydroxyl groups excluding tert-OH is 1. The van der Waals surface area contributed by atoms with E-state index >= 15 is 0 Å². The summed E-state index contributed by atoms with van der Waals surface area (Å²) in [6, 6.07) is 4.36. The Hall–Kier alpha value is -0.600. The van der Waals surface area contributed by atoms with Gasteiger partial charge in [0.2, 0.25) is 0 Å². The maximum Gasteiger partial charge on any atom is 0.129 e. The Balaban J connectivity index is 1.90. The average Bonchev–Trinajstić information content (AvgIpc) is 2.40. The molecule has 0 aliphatic heterocycles. The summed E-state index contributed by atoms with van der Waals surface area (Å²) in [5, 5.41) is 10.5. The monoisotopic (exact) mass is 270 g/mol. The highest BCUT2D eigenvalue weighted by atomic mass is 35.5. The summed E-state index contributed by atoms with van der Waals surface area (Å²) in [6.07, 6.45) is 7.32. The van der Waals surface area contributed by atoms with Gasteiger partial charge in [-0.15, -0.1) is 0 Å². The largest absolute Gasteiger partial charge is 0.388 e. The number of hydrogen-bond acceptors (Lipinski definition) is 1. The third kappa shape index (κ3) is 3.69. The smallest absolute Gasteiger partial charge is 0.129 e. The van der Waals surface area contributed by atoms with Gasteiger partial charge in [0.1, 0.15) is 5.82 Å². The van der Waals surface area contributed by atoms with E-state index in [1.54, 1.807) is 0 Å². The van der Waals surface area contributed by atoms with Gasteiger partial charge < -0.3 is 5.11 Å². The molecule has 1 atom stereocenters. The normalized spacial score (nSPS) is 18.8. The van der Waals surface area contributed by atoms with Crippen LogP contribution in [0.25, 0.3) is 0 Å². The Bertz CT molecular complexity index is 388. The average molecular weight is 271 g/mol. The Morgan fingerprint density at radius 1 is 1.28 bits per heavy atom. The number of hydrogen-bond donors (Lipinski definition) is 1. The summed E-state index contributed by atoms with van der Waals surface area (Å²) in [6.45, 7) is 0. The second kappa shape index (κ2) is 6.53. The van der Waals surface area contributed by atoms with Gasteiger partial charge in [-0.2, -0.15) is 0 Å². The van der Waals surface area contributed by atoms with Crippen molar-refractivity contribution in [2.45, 2.75) is 51.0 Å². The SMILES string of the molecule is OC(CCC1CCCCC1)c1cc(Cl)ccc1F. The molecule has 1 aromatic carbocycles. The minimum Gasteiger partial charge on any atom is -0.388 e. The molecule has 0 radical (unpaired) electrons. The first-order valence-electron chi connectivity index (χ1n) is 6.80. The van der Waals surface area contributed by atoms with Gasteiger partial charge in [0, 0.05) is 10.6 Å². The van der Waals surface area contributed by atoms with E-state index in [-0.39, 0.29) is 5.82 Å². The van der Waals surface area contributed by atoms with Gasteiger partial charge in [0.05, 0.1) is 6.10 Å². The van der Waals surface area contributed by atoms with Crippen molar-refractivity contribution in [3.05, 3.63) is 34.6 Å². The van der Waals surface area contributed by atoms with Gasteiger partial charge in [0.15, 0.2) is 0 Å². The van der Waals surface area contributed by atoms with Crippen molar-refractivity contribution in [1.82, 2.24) is 0 Å². The molecule has 0 aromatic heterocycles. The molecular weight excluding hydrogens is 251 g/mol. The second-order valence-corrected chi connectivity index (χ2v) is 5.70. The summed E-state index contributed by atoms with van der Waals surface area (Å²) < 4.78 is 13.6. The molecule has 1 aliphatic rings. The molecule has 0 heterocycles. The standard InChI is InChI=1S/C15H20ClFO/c16-12-7-8-14(17)13(10-12)15(18)9-6-11-4-2-1-3-5-11/h7-8,10-11,15,18H,1-6,9H2. The Kier molecular flexibility index (Phi) is 5.02.